The molecular weight excluding hydrogens is 196 g/mol. The summed E-state index contributed by atoms with van der Waals surface area (Å²) in [7, 11) is 0. The topological polar surface area (TPSA) is 77.5 Å². The van der Waals surface area contributed by atoms with Gasteiger partial charge in [-0.15, -0.1) is 0 Å². The molecule has 3 N–H and O–H groups in total. The Morgan fingerprint density at radius 1 is 1.47 bits per heavy atom. The molecule has 1 aromatic rings. The lowest BCUT2D eigenvalue weighted by Crippen LogP contribution is -2.26. The van der Waals surface area contributed by atoms with Crippen LogP contribution in [0.2, 0.25) is 0 Å². The van der Waals surface area contributed by atoms with Crippen LogP contribution in [0.5, 0.6) is 0 Å². The third-order valence-electron chi connectivity index (χ3n) is 2.03. The second-order valence-corrected chi connectivity index (χ2v) is 3.07. The highest BCUT2D eigenvalue weighted by molar-refractivity contribution is 5.09. The number of nitrogens with two attached hydrogens (primary N) is 1. The maximum Gasteiger partial charge on any atom is 0.255 e. The first-order chi connectivity index (χ1) is 7.29. The first-order valence-electron chi connectivity index (χ1n) is 4.86. The molecule has 1 rings (SSSR count). The van der Waals surface area contributed by atoms with Crippen molar-refractivity contribution in [3.05, 3.63) is 34.2 Å². The van der Waals surface area contributed by atoms with E-state index in [1.54, 1.807) is 22.9 Å². The fraction of sp³-hybridized carbons (Fsp3) is 0.500. The maximum atomic E-state index is 11.6. The molecule has 15 heavy (non-hydrogen) atoms. The van der Waals surface area contributed by atoms with Gasteiger partial charge in [-0.05, 0) is 6.07 Å². The molecule has 0 spiro atoms. The number of ether oxygens (including phenoxy) is 1. The molecule has 0 bridgehead atoms. The second-order valence-electron chi connectivity index (χ2n) is 3.07. The summed E-state index contributed by atoms with van der Waals surface area (Å²) >= 11 is 0. The molecule has 0 fully saturated rings. The summed E-state index contributed by atoms with van der Waals surface area (Å²) < 4.78 is 6.63. The van der Waals surface area contributed by atoms with Crippen molar-refractivity contribution < 1.29 is 9.84 Å². The Bertz CT molecular complexity index is 349. The molecule has 0 amide bonds. The van der Waals surface area contributed by atoms with Crippen LogP contribution in [0.1, 0.15) is 5.56 Å². The van der Waals surface area contributed by atoms with Gasteiger partial charge in [0.2, 0.25) is 0 Å². The van der Waals surface area contributed by atoms with Gasteiger partial charge in [-0.25, -0.2) is 0 Å². The van der Waals surface area contributed by atoms with Crippen molar-refractivity contribution in [3.8, 4) is 0 Å². The Labute approximate surface area is 88.1 Å². The van der Waals surface area contributed by atoms with Crippen LogP contribution in [0.25, 0.3) is 0 Å². The molecule has 0 unspecified atom stereocenters. The lowest BCUT2D eigenvalue weighted by molar-refractivity contribution is 0.0865. The zero-order valence-corrected chi connectivity index (χ0v) is 8.56. The predicted molar refractivity (Wildman–Crippen MR) is 56.5 cm³/mol. The van der Waals surface area contributed by atoms with E-state index in [0.717, 1.165) is 0 Å². The van der Waals surface area contributed by atoms with Crippen LogP contribution in [0.15, 0.2) is 23.1 Å². The predicted octanol–water partition coefficient (Wildman–Crippen LogP) is -0.684. The lowest BCUT2D eigenvalue weighted by Gasteiger charge is -2.07. The van der Waals surface area contributed by atoms with E-state index in [0.29, 0.717) is 25.3 Å². The van der Waals surface area contributed by atoms with Crippen molar-refractivity contribution in [1.82, 2.24) is 4.57 Å². The molecule has 0 saturated carbocycles. The summed E-state index contributed by atoms with van der Waals surface area (Å²) in [6.45, 7) is 1.43. The van der Waals surface area contributed by atoms with Gasteiger partial charge in [0.15, 0.2) is 0 Å². The van der Waals surface area contributed by atoms with E-state index in [1.165, 1.54) is 0 Å². The normalized spacial score (nSPS) is 10.5. The molecule has 0 radical (unpaired) electrons. The van der Waals surface area contributed by atoms with Crippen LogP contribution in [-0.2, 0) is 17.8 Å². The van der Waals surface area contributed by atoms with E-state index in [2.05, 4.69) is 0 Å². The molecule has 5 heteroatoms. The SMILES string of the molecule is NCc1cccn(CCOCCO)c1=O. The van der Waals surface area contributed by atoms with E-state index in [9.17, 15) is 4.79 Å². The van der Waals surface area contributed by atoms with Gasteiger partial charge in [-0.3, -0.25) is 4.79 Å². The fourth-order valence-corrected chi connectivity index (χ4v) is 1.25. The van der Waals surface area contributed by atoms with Crippen LogP contribution in [0.4, 0.5) is 0 Å². The quantitative estimate of drug-likeness (QED) is 0.612. The lowest BCUT2D eigenvalue weighted by atomic mass is 10.3. The third-order valence-corrected chi connectivity index (χ3v) is 2.03. The van der Waals surface area contributed by atoms with Crippen molar-refractivity contribution in [2.45, 2.75) is 13.1 Å². The zero-order valence-electron chi connectivity index (χ0n) is 8.56. The smallest absolute Gasteiger partial charge is 0.255 e. The van der Waals surface area contributed by atoms with Crippen LogP contribution >= 0.6 is 0 Å². The number of aliphatic hydroxyl groups excluding tert-OH is 1. The average Bonchev–Trinajstić information content (AvgIpc) is 2.26. The van der Waals surface area contributed by atoms with Crippen molar-refractivity contribution in [2.24, 2.45) is 5.73 Å². The van der Waals surface area contributed by atoms with E-state index >= 15 is 0 Å². The highest BCUT2D eigenvalue weighted by Gasteiger charge is 2.00. The molecule has 0 saturated heterocycles. The molecule has 84 valence electrons. The third kappa shape index (κ3) is 3.47. The van der Waals surface area contributed by atoms with Crippen molar-refractivity contribution in [3.63, 3.8) is 0 Å². The maximum absolute atomic E-state index is 11.6. The molecule has 0 aliphatic heterocycles. The van der Waals surface area contributed by atoms with Gasteiger partial charge in [0.05, 0.1) is 19.8 Å². The monoisotopic (exact) mass is 212 g/mol. The minimum atomic E-state index is -0.0763. The van der Waals surface area contributed by atoms with Crippen molar-refractivity contribution in [1.29, 1.82) is 0 Å². The van der Waals surface area contributed by atoms with Gasteiger partial charge in [-0.1, -0.05) is 6.07 Å². The summed E-state index contributed by atoms with van der Waals surface area (Å²) in [5, 5.41) is 8.49. The molecule has 1 heterocycles. The van der Waals surface area contributed by atoms with E-state index in [-0.39, 0.29) is 18.7 Å². The number of nitrogens with zero attached hydrogens (tertiary/aromatic N) is 1. The highest BCUT2D eigenvalue weighted by atomic mass is 16.5. The van der Waals surface area contributed by atoms with Crippen LogP contribution in [0.3, 0.4) is 0 Å². The van der Waals surface area contributed by atoms with Gasteiger partial charge in [0, 0.05) is 24.8 Å². The van der Waals surface area contributed by atoms with Gasteiger partial charge >= 0.3 is 0 Å². The van der Waals surface area contributed by atoms with Crippen molar-refractivity contribution in [2.75, 3.05) is 19.8 Å². The van der Waals surface area contributed by atoms with E-state index < -0.39 is 0 Å². The Morgan fingerprint density at radius 2 is 2.27 bits per heavy atom. The minimum Gasteiger partial charge on any atom is -0.394 e. The summed E-state index contributed by atoms with van der Waals surface area (Å²) in [4.78, 5) is 11.6. The molecule has 0 aromatic carbocycles. The largest absolute Gasteiger partial charge is 0.394 e. The van der Waals surface area contributed by atoms with Crippen LogP contribution < -0.4 is 11.3 Å². The van der Waals surface area contributed by atoms with E-state index in [1.807, 2.05) is 0 Å². The van der Waals surface area contributed by atoms with E-state index in [4.69, 9.17) is 15.6 Å². The number of hydrogen-bond acceptors (Lipinski definition) is 4. The standard InChI is InChI=1S/C10H16N2O3/c11-8-9-2-1-3-12(10(9)14)4-6-15-7-5-13/h1-3,13H,4-8,11H2. The fourth-order valence-electron chi connectivity index (χ4n) is 1.25. The Hall–Kier alpha value is -1.17. The molecule has 1 aromatic heterocycles. The summed E-state index contributed by atoms with van der Waals surface area (Å²) in [5.41, 5.74) is 5.94. The number of rotatable bonds is 6. The summed E-state index contributed by atoms with van der Waals surface area (Å²) in [6.07, 6.45) is 1.70. The Kier molecular flexibility index (Phi) is 5.03. The zero-order chi connectivity index (χ0) is 11.1. The average molecular weight is 212 g/mol. The summed E-state index contributed by atoms with van der Waals surface area (Å²) in [5.74, 6) is 0. The van der Waals surface area contributed by atoms with Gasteiger partial charge in [-0.2, -0.15) is 0 Å². The van der Waals surface area contributed by atoms with Gasteiger partial charge < -0.3 is 20.1 Å². The minimum absolute atomic E-state index is 0.00224. The molecule has 0 aliphatic carbocycles. The van der Waals surface area contributed by atoms with Crippen LogP contribution in [-0.4, -0.2) is 29.5 Å². The van der Waals surface area contributed by atoms with Gasteiger partial charge in [0.1, 0.15) is 0 Å². The van der Waals surface area contributed by atoms with Crippen molar-refractivity contribution >= 4 is 0 Å². The number of hydrogen-bond donors (Lipinski definition) is 2. The Morgan fingerprint density at radius 3 is 2.93 bits per heavy atom. The molecule has 5 nitrogen and oxygen atoms in total. The first-order valence-corrected chi connectivity index (χ1v) is 4.86. The summed E-state index contributed by atoms with van der Waals surface area (Å²) in [6, 6.07) is 3.50. The molecular formula is C10H16N2O3. The van der Waals surface area contributed by atoms with Crippen LogP contribution in [0, 0.1) is 0 Å². The number of aliphatic hydroxyl groups is 1. The molecule has 0 atom stereocenters. The second kappa shape index (κ2) is 6.34. The number of aromatic nitrogens is 1. The highest BCUT2D eigenvalue weighted by Crippen LogP contribution is 1.90. The van der Waals surface area contributed by atoms with Gasteiger partial charge in [0.25, 0.3) is 5.56 Å². The number of pyridine rings is 1. The Balaban J connectivity index is 2.57. The molecule has 0 aliphatic rings. The first kappa shape index (κ1) is 11.9.